The Morgan fingerprint density at radius 1 is 1.25 bits per heavy atom. The van der Waals surface area contributed by atoms with Crippen LogP contribution in [0.3, 0.4) is 0 Å². The summed E-state index contributed by atoms with van der Waals surface area (Å²) in [5.41, 5.74) is 2.67. The Bertz CT molecular complexity index is 334. The molecule has 1 N–H and O–H groups in total. The van der Waals surface area contributed by atoms with Crippen LogP contribution in [0.2, 0.25) is 0 Å². The SMILES string of the molecule is CNC(CCC(C)C)c1ccc(C)cc1Br. The van der Waals surface area contributed by atoms with Gasteiger partial charge in [-0.05, 0) is 49.9 Å². The van der Waals surface area contributed by atoms with Crippen LogP contribution in [0.1, 0.15) is 43.9 Å². The molecule has 0 amide bonds. The highest BCUT2D eigenvalue weighted by molar-refractivity contribution is 9.10. The number of halogens is 1. The summed E-state index contributed by atoms with van der Waals surface area (Å²) in [6, 6.07) is 7.05. The molecule has 0 heterocycles. The molecule has 2 heteroatoms. The Balaban J connectivity index is 2.78. The van der Waals surface area contributed by atoms with E-state index in [1.54, 1.807) is 0 Å². The van der Waals surface area contributed by atoms with E-state index in [0.717, 1.165) is 5.92 Å². The van der Waals surface area contributed by atoms with Gasteiger partial charge in [0.1, 0.15) is 0 Å². The largest absolute Gasteiger partial charge is 0.313 e. The summed E-state index contributed by atoms with van der Waals surface area (Å²) >= 11 is 3.66. The molecule has 1 rings (SSSR count). The molecule has 0 saturated heterocycles. The standard InChI is InChI=1S/C14H22BrN/c1-10(2)5-8-14(16-4)12-7-6-11(3)9-13(12)15/h6-7,9-10,14,16H,5,8H2,1-4H3. The molecule has 0 fully saturated rings. The van der Waals surface area contributed by atoms with Crippen molar-refractivity contribution in [2.24, 2.45) is 5.92 Å². The van der Waals surface area contributed by atoms with Crippen molar-refractivity contribution < 1.29 is 0 Å². The van der Waals surface area contributed by atoms with Crippen LogP contribution in [-0.2, 0) is 0 Å². The average Bonchev–Trinajstić information content (AvgIpc) is 2.21. The van der Waals surface area contributed by atoms with E-state index in [9.17, 15) is 0 Å². The first-order valence-electron chi connectivity index (χ1n) is 5.98. The Morgan fingerprint density at radius 3 is 2.44 bits per heavy atom. The van der Waals surface area contributed by atoms with Crippen molar-refractivity contribution >= 4 is 15.9 Å². The zero-order chi connectivity index (χ0) is 12.1. The fourth-order valence-electron chi connectivity index (χ4n) is 1.87. The van der Waals surface area contributed by atoms with Gasteiger partial charge in [0.2, 0.25) is 0 Å². The monoisotopic (exact) mass is 283 g/mol. The van der Waals surface area contributed by atoms with Crippen molar-refractivity contribution in [3.05, 3.63) is 33.8 Å². The van der Waals surface area contributed by atoms with Gasteiger partial charge in [0.15, 0.2) is 0 Å². The van der Waals surface area contributed by atoms with Crippen molar-refractivity contribution in [3.8, 4) is 0 Å². The highest BCUT2D eigenvalue weighted by Gasteiger charge is 2.12. The third kappa shape index (κ3) is 3.91. The van der Waals surface area contributed by atoms with Gasteiger partial charge in [-0.1, -0.05) is 41.9 Å². The van der Waals surface area contributed by atoms with Crippen molar-refractivity contribution in [2.45, 2.75) is 39.7 Å². The lowest BCUT2D eigenvalue weighted by Crippen LogP contribution is -2.17. The fraction of sp³-hybridized carbons (Fsp3) is 0.571. The lowest BCUT2D eigenvalue weighted by atomic mass is 9.97. The minimum absolute atomic E-state index is 0.456. The molecule has 0 aromatic heterocycles. The highest BCUT2D eigenvalue weighted by Crippen LogP contribution is 2.28. The van der Waals surface area contributed by atoms with Crippen molar-refractivity contribution in [1.29, 1.82) is 0 Å². The molecule has 0 aliphatic heterocycles. The summed E-state index contributed by atoms with van der Waals surface area (Å²) in [4.78, 5) is 0. The summed E-state index contributed by atoms with van der Waals surface area (Å²) in [7, 11) is 2.04. The Morgan fingerprint density at radius 2 is 1.94 bits per heavy atom. The number of hydrogen-bond acceptors (Lipinski definition) is 1. The number of rotatable bonds is 5. The summed E-state index contributed by atoms with van der Waals surface area (Å²) in [6.45, 7) is 6.67. The minimum Gasteiger partial charge on any atom is -0.313 e. The Kier molecular flexibility index (Phi) is 5.50. The van der Waals surface area contributed by atoms with E-state index in [0.29, 0.717) is 6.04 Å². The van der Waals surface area contributed by atoms with Crippen LogP contribution in [0.4, 0.5) is 0 Å². The third-order valence-corrected chi connectivity index (χ3v) is 3.60. The molecule has 1 aromatic rings. The van der Waals surface area contributed by atoms with E-state index in [-0.39, 0.29) is 0 Å². The Hall–Kier alpha value is -0.340. The first-order chi connectivity index (χ1) is 7.54. The van der Waals surface area contributed by atoms with Crippen LogP contribution < -0.4 is 5.32 Å². The molecule has 1 aromatic carbocycles. The lowest BCUT2D eigenvalue weighted by molar-refractivity contribution is 0.464. The van der Waals surface area contributed by atoms with Crippen molar-refractivity contribution in [3.63, 3.8) is 0 Å². The summed E-state index contributed by atoms with van der Waals surface area (Å²) in [5.74, 6) is 0.764. The molecule has 90 valence electrons. The zero-order valence-corrected chi connectivity index (χ0v) is 12.3. The van der Waals surface area contributed by atoms with E-state index in [2.05, 4.69) is 60.2 Å². The number of nitrogens with one attached hydrogen (secondary N) is 1. The normalized spacial score (nSPS) is 13.1. The number of hydrogen-bond donors (Lipinski definition) is 1. The van der Waals surface area contributed by atoms with Gasteiger partial charge in [-0.15, -0.1) is 0 Å². The quantitative estimate of drug-likeness (QED) is 0.842. The van der Waals surface area contributed by atoms with E-state index in [4.69, 9.17) is 0 Å². The van der Waals surface area contributed by atoms with Crippen LogP contribution in [0.15, 0.2) is 22.7 Å². The molecule has 0 bridgehead atoms. The predicted octanol–water partition coefficient (Wildman–Crippen LogP) is 4.45. The van der Waals surface area contributed by atoms with E-state index in [1.165, 1.54) is 28.4 Å². The van der Waals surface area contributed by atoms with Gasteiger partial charge >= 0.3 is 0 Å². The van der Waals surface area contributed by atoms with Crippen LogP contribution in [0.5, 0.6) is 0 Å². The molecule has 1 unspecified atom stereocenters. The second-order valence-corrected chi connectivity index (χ2v) is 5.69. The maximum Gasteiger partial charge on any atom is 0.0328 e. The first kappa shape index (κ1) is 13.7. The van der Waals surface area contributed by atoms with Crippen LogP contribution in [0.25, 0.3) is 0 Å². The van der Waals surface area contributed by atoms with Gasteiger partial charge in [0.05, 0.1) is 0 Å². The zero-order valence-electron chi connectivity index (χ0n) is 10.7. The first-order valence-corrected chi connectivity index (χ1v) is 6.77. The lowest BCUT2D eigenvalue weighted by Gasteiger charge is -2.19. The van der Waals surface area contributed by atoms with E-state index >= 15 is 0 Å². The van der Waals surface area contributed by atoms with E-state index in [1.807, 2.05) is 7.05 Å². The van der Waals surface area contributed by atoms with Gasteiger partial charge in [-0.2, -0.15) is 0 Å². The molecular weight excluding hydrogens is 262 g/mol. The van der Waals surface area contributed by atoms with Gasteiger partial charge < -0.3 is 5.32 Å². The van der Waals surface area contributed by atoms with Crippen LogP contribution >= 0.6 is 15.9 Å². The summed E-state index contributed by atoms with van der Waals surface area (Å²) in [6.07, 6.45) is 2.45. The highest BCUT2D eigenvalue weighted by atomic mass is 79.9. The maximum absolute atomic E-state index is 3.66. The molecule has 16 heavy (non-hydrogen) atoms. The summed E-state index contributed by atoms with van der Waals surface area (Å²) < 4.78 is 1.22. The maximum atomic E-state index is 3.66. The second kappa shape index (κ2) is 6.41. The van der Waals surface area contributed by atoms with E-state index < -0.39 is 0 Å². The molecule has 0 saturated carbocycles. The van der Waals surface area contributed by atoms with Gasteiger partial charge in [-0.25, -0.2) is 0 Å². The molecule has 0 radical (unpaired) electrons. The second-order valence-electron chi connectivity index (χ2n) is 4.84. The molecule has 0 spiro atoms. The average molecular weight is 284 g/mol. The van der Waals surface area contributed by atoms with Crippen LogP contribution in [0, 0.1) is 12.8 Å². The predicted molar refractivity (Wildman–Crippen MR) is 74.8 cm³/mol. The molecule has 0 aliphatic rings. The molecule has 1 atom stereocenters. The van der Waals surface area contributed by atoms with Gasteiger partial charge in [0.25, 0.3) is 0 Å². The van der Waals surface area contributed by atoms with Crippen LogP contribution in [-0.4, -0.2) is 7.05 Å². The van der Waals surface area contributed by atoms with Crippen molar-refractivity contribution in [2.75, 3.05) is 7.05 Å². The smallest absolute Gasteiger partial charge is 0.0328 e. The minimum atomic E-state index is 0.456. The third-order valence-electron chi connectivity index (χ3n) is 2.91. The summed E-state index contributed by atoms with van der Waals surface area (Å²) in [5, 5.41) is 3.40. The Labute approximate surface area is 108 Å². The molecular formula is C14H22BrN. The topological polar surface area (TPSA) is 12.0 Å². The molecule has 0 aliphatic carbocycles. The van der Waals surface area contributed by atoms with Gasteiger partial charge in [0, 0.05) is 10.5 Å². The number of aryl methyl sites for hydroxylation is 1. The van der Waals surface area contributed by atoms with Crippen molar-refractivity contribution in [1.82, 2.24) is 5.32 Å². The molecule has 1 nitrogen and oxygen atoms in total. The van der Waals surface area contributed by atoms with Gasteiger partial charge in [-0.3, -0.25) is 0 Å². The fourth-order valence-corrected chi connectivity index (χ4v) is 2.64. The number of benzene rings is 1.